The zero-order chi connectivity index (χ0) is 14.8. The van der Waals surface area contributed by atoms with Gasteiger partial charge in [0.1, 0.15) is 0 Å². The van der Waals surface area contributed by atoms with Gasteiger partial charge in [-0.2, -0.15) is 0 Å². The van der Waals surface area contributed by atoms with E-state index >= 15 is 0 Å². The fraction of sp³-hybridized carbons (Fsp3) is 0.625. The van der Waals surface area contributed by atoms with Gasteiger partial charge in [-0.05, 0) is 33.8 Å². The molecule has 1 aromatic heterocycles. The molecule has 0 unspecified atom stereocenters. The molecule has 0 bridgehead atoms. The van der Waals surface area contributed by atoms with E-state index in [9.17, 15) is 0 Å². The molecule has 0 amide bonds. The minimum Gasteiger partial charge on any atom is -0.367 e. The molecular formula is C16H24N2OS. The summed E-state index contributed by atoms with van der Waals surface area (Å²) in [6.07, 6.45) is 0. The molecule has 0 atom stereocenters. The van der Waals surface area contributed by atoms with E-state index in [1.54, 1.807) is 11.3 Å². The zero-order valence-corrected chi connectivity index (χ0v) is 13.6. The highest BCUT2D eigenvalue weighted by Gasteiger charge is 2.37. The molecule has 110 valence electrons. The number of hydrogen-bond acceptors (Lipinski definition) is 4. The first kappa shape index (κ1) is 15.5. The lowest BCUT2D eigenvalue weighted by atomic mass is 9.99. The molecule has 1 aromatic rings. The van der Waals surface area contributed by atoms with Gasteiger partial charge >= 0.3 is 0 Å². The molecular weight excluding hydrogens is 268 g/mol. The summed E-state index contributed by atoms with van der Waals surface area (Å²) in [5, 5.41) is 2.11. The number of morpholine rings is 1. The first-order valence-corrected chi connectivity index (χ1v) is 7.86. The Balaban J connectivity index is 2.04. The van der Waals surface area contributed by atoms with Crippen LogP contribution in [-0.2, 0) is 11.3 Å². The Kier molecular flexibility index (Phi) is 4.55. The van der Waals surface area contributed by atoms with Crippen LogP contribution in [0.3, 0.4) is 0 Å². The van der Waals surface area contributed by atoms with Crippen molar-refractivity contribution in [3.63, 3.8) is 0 Å². The predicted octanol–water partition coefficient (Wildman–Crippen LogP) is 2.45. The Labute approximate surface area is 126 Å². The highest BCUT2D eigenvalue weighted by Crippen LogP contribution is 2.29. The summed E-state index contributed by atoms with van der Waals surface area (Å²) < 4.78 is 6.11. The third kappa shape index (κ3) is 4.32. The summed E-state index contributed by atoms with van der Waals surface area (Å²) in [5.74, 6) is 5.99. The summed E-state index contributed by atoms with van der Waals surface area (Å²) >= 11 is 1.77. The molecule has 0 aliphatic carbocycles. The number of thiophene rings is 1. The number of nitrogens with two attached hydrogens (primary N) is 1. The van der Waals surface area contributed by atoms with E-state index in [0.717, 1.165) is 25.2 Å². The lowest BCUT2D eigenvalue weighted by Gasteiger charge is -2.47. The van der Waals surface area contributed by atoms with Crippen molar-refractivity contribution >= 4 is 11.3 Å². The first-order valence-electron chi connectivity index (χ1n) is 6.99. The van der Waals surface area contributed by atoms with Gasteiger partial charge in [-0.1, -0.05) is 11.8 Å². The van der Waals surface area contributed by atoms with Crippen molar-refractivity contribution < 1.29 is 4.74 Å². The minimum absolute atomic E-state index is 0.0960. The van der Waals surface area contributed by atoms with Crippen molar-refractivity contribution in [2.45, 2.75) is 45.4 Å². The SMILES string of the molecule is CC1(C)CN(Cc2cc(C#CCN)cs2)CC(C)(C)O1. The third-order valence-electron chi connectivity index (χ3n) is 3.13. The first-order chi connectivity index (χ1) is 9.30. The Hall–Kier alpha value is -0.860. The average molecular weight is 292 g/mol. The van der Waals surface area contributed by atoms with Crippen LogP contribution < -0.4 is 5.73 Å². The van der Waals surface area contributed by atoms with Crippen molar-refractivity contribution in [3.05, 3.63) is 21.9 Å². The van der Waals surface area contributed by atoms with Crippen LogP contribution >= 0.6 is 11.3 Å². The van der Waals surface area contributed by atoms with Crippen LogP contribution in [0.2, 0.25) is 0 Å². The van der Waals surface area contributed by atoms with Crippen LogP contribution in [0.15, 0.2) is 11.4 Å². The second-order valence-corrected chi connectivity index (χ2v) is 7.57. The Morgan fingerprint density at radius 3 is 2.55 bits per heavy atom. The van der Waals surface area contributed by atoms with Crippen LogP contribution in [0.1, 0.15) is 38.1 Å². The van der Waals surface area contributed by atoms with E-state index < -0.39 is 0 Å². The molecule has 0 radical (unpaired) electrons. The van der Waals surface area contributed by atoms with E-state index in [1.165, 1.54) is 4.88 Å². The molecule has 1 aliphatic heterocycles. The monoisotopic (exact) mass is 292 g/mol. The summed E-state index contributed by atoms with van der Waals surface area (Å²) in [6, 6.07) is 2.17. The van der Waals surface area contributed by atoms with Crippen molar-refractivity contribution in [2.75, 3.05) is 19.6 Å². The van der Waals surface area contributed by atoms with Gasteiger partial charge in [-0.3, -0.25) is 4.90 Å². The van der Waals surface area contributed by atoms with Crippen LogP contribution in [0.5, 0.6) is 0 Å². The van der Waals surface area contributed by atoms with Crippen molar-refractivity contribution in [1.29, 1.82) is 0 Å². The lowest BCUT2D eigenvalue weighted by Crippen LogP contribution is -2.56. The predicted molar refractivity (Wildman–Crippen MR) is 84.8 cm³/mol. The zero-order valence-electron chi connectivity index (χ0n) is 12.8. The van der Waals surface area contributed by atoms with E-state index in [-0.39, 0.29) is 11.2 Å². The quantitative estimate of drug-likeness (QED) is 0.851. The molecule has 0 aromatic carbocycles. The molecule has 1 fully saturated rings. The summed E-state index contributed by atoms with van der Waals surface area (Å²) in [4.78, 5) is 3.81. The third-order valence-corrected chi connectivity index (χ3v) is 4.05. The van der Waals surface area contributed by atoms with Crippen LogP contribution in [-0.4, -0.2) is 35.7 Å². The van der Waals surface area contributed by atoms with Gasteiger partial charge in [0, 0.05) is 35.5 Å². The molecule has 20 heavy (non-hydrogen) atoms. The Bertz CT molecular complexity index is 506. The molecule has 0 saturated carbocycles. The molecule has 0 spiro atoms. The van der Waals surface area contributed by atoms with Gasteiger partial charge in [0.05, 0.1) is 17.7 Å². The minimum atomic E-state index is -0.0960. The van der Waals surface area contributed by atoms with Gasteiger partial charge in [0.2, 0.25) is 0 Å². The van der Waals surface area contributed by atoms with Crippen molar-refractivity contribution in [1.82, 2.24) is 4.90 Å². The summed E-state index contributed by atoms with van der Waals surface area (Å²) in [5.41, 5.74) is 6.28. The molecule has 2 heterocycles. The second kappa shape index (κ2) is 5.87. The maximum atomic E-state index is 6.11. The normalized spacial score (nSPS) is 21.2. The van der Waals surface area contributed by atoms with E-state index in [4.69, 9.17) is 10.5 Å². The van der Waals surface area contributed by atoms with Gasteiger partial charge in [0.25, 0.3) is 0 Å². The Morgan fingerprint density at radius 1 is 1.30 bits per heavy atom. The highest BCUT2D eigenvalue weighted by atomic mass is 32.1. The molecule has 3 nitrogen and oxygen atoms in total. The lowest BCUT2D eigenvalue weighted by molar-refractivity contribution is -0.182. The van der Waals surface area contributed by atoms with E-state index in [0.29, 0.717) is 6.54 Å². The summed E-state index contributed by atoms with van der Waals surface area (Å²) in [7, 11) is 0. The van der Waals surface area contributed by atoms with Gasteiger partial charge in [0.15, 0.2) is 0 Å². The molecule has 4 heteroatoms. The van der Waals surface area contributed by atoms with Gasteiger partial charge in [-0.15, -0.1) is 11.3 Å². The number of rotatable bonds is 2. The van der Waals surface area contributed by atoms with Crippen LogP contribution in [0.25, 0.3) is 0 Å². The van der Waals surface area contributed by atoms with Crippen LogP contribution in [0, 0.1) is 11.8 Å². The summed E-state index contributed by atoms with van der Waals surface area (Å²) in [6.45, 7) is 11.9. The second-order valence-electron chi connectivity index (χ2n) is 6.57. The van der Waals surface area contributed by atoms with Crippen molar-refractivity contribution in [2.24, 2.45) is 5.73 Å². The van der Waals surface area contributed by atoms with Crippen molar-refractivity contribution in [3.8, 4) is 11.8 Å². The molecule has 2 N–H and O–H groups in total. The topological polar surface area (TPSA) is 38.5 Å². The molecule has 1 aliphatic rings. The maximum Gasteiger partial charge on any atom is 0.0760 e. The standard InChI is InChI=1S/C16H24N2OS/c1-15(2)11-18(12-16(3,4)19-15)9-14-8-13(10-20-14)6-5-7-17/h8,10H,7,9,11-12,17H2,1-4H3. The van der Waals surface area contributed by atoms with E-state index in [1.807, 2.05) is 0 Å². The largest absolute Gasteiger partial charge is 0.367 e. The molecule has 1 saturated heterocycles. The Morgan fingerprint density at radius 2 is 1.95 bits per heavy atom. The number of hydrogen-bond donors (Lipinski definition) is 1. The van der Waals surface area contributed by atoms with Gasteiger partial charge < -0.3 is 10.5 Å². The average Bonchev–Trinajstić information content (AvgIpc) is 2.69. The fourth-order valence-corrected chi connectivity index (χ4v) is 3.82. The van der Waals surface area contributed by atoms with Gasteiger partial charge in [-0.25, -0.2) is 0 Å². The van der Waals surface area contributed by atoms with Crippen LogP contribution in [0.4, 0.5) is 0 Å². The number of ether oxygens (including phenoxy) is 1. The number of nitrogens with zero attached hydrogens (tertiary/aromatic N) is 1. The fourth-order valence-electron chi connectivity index (χ4n) is 2.96. The van der Waals surface area contributed by atoms with E-state index in [2.05, 4.69) is 55.9 Å². The highest BCUT2D eigenvalue weighted by molar-refractivity contribution is 7.10. The maximum absolute atomic E-state index is 6.11. The smallest absolute Gasteiger partial charge is 0.0760 e. The molecule has 2 rings (SSSR count).